The van der Waals surface area contributed by atoms with Crippen molar-refractivity contribution in [3.05, 3.63) is 29.8 Å². The molecule has 0 spiro atoms. The summed E-state index contributed by atoms with van der Waals surface area (Å²) in [7, 11) is 1.58. The molecule has 0 heterocycles. The van der Waals surface area contributed by atoms with Gasteiger partial charge in [0.05, 0.1) is 11.3 Å². The number of carboxylic acid groups (broad SMARTS) is 1. The van der Waals surface area contributed by atoms with E-state index in [0.717, 1.165) is 0 Å². The van der Waals surface area contributed by atoms with Gasteiger partial charge in [-0.25, -0.2) is 4.79 Å². The Bertz CT molecular complexity index is 446. The number of carbonyl (C=O) groups is 2. The summed E-state index contributed by atoms with van der Waals surface area (Å²) in [6, 6.07) is 6.44. The molecule has 1 atom stereocenters. The van der Waals surface area contributed by atoms with Gasteiger partial charge in [-0.05, 0) is 25.1 Å². The molecule has 18 heavy (non-hydrogen) atoms. The number of aromatic carboxylic acids is 1. The lowest BCUT2D eigenvalue weighted by atomic mass is 10.1. The van der Waals surface area contributed by atoms with Gasteiger partial charge in [-0.1, -0.05) is 19.1 Å². The highest BCUT2D eigenvalue weighted by molar-refractivity contribution is 6.02. The molecule has 0 aliphatic rings. The number of rotatable bonds is 5. The number of carboxylic acids is 1. The molecule has 1 aromatic carbocycles. The number of nitrogens with zero attached hydrogens (tertiary/aromatic N) is 1. The maximum Gasteiger partial charge on any atom is 0.337 e. The van der Waals surface area contributed by atoms with Crippen LogP contribution in [0.4, 0.5) is 5.69 Å². The molecule has 0 radical (unpaired) electrons. The summed E-state index contributed by atoms with van der Waals surface area (Å²) in [4.78, 5) is 24.6. The van der Waals surface area contributed by atoms with Crippen molar-refractivity contribution in [2.75, 3.05) is 18.5 Å². The summed E-state index contributed by atoms with van der Waals surface area (Å²) in [6.45, 7) is 2.22. The molecule has 3 N–H and O–H groups in total. The smallest absolute Gasteiger partial charge is 0.337 e. The third-order valence-corrected chi connectivity index (χ3v) is 2.85. The largest absolute Gasteiger partial charge is 0.478 e. The van der Waals surface area contributed by atoms with Crippen LogP contribution in [-0.2, 0) is 4.79 Å². The minimum atomic E-state index is -1.04. The lowest BCUT2D eigenvalue weighted by molar-refractivity contribution is -0.121. The Morgan fingerprint density at radius 2 is 2.00 bits per heavy atom. The molecule has 0 fully saturated rings. The Hall–Kier alpha value is -1.88. The maximum atomic E-state index is 12.1. The number of amides is 1. The standard InChI is InChI=1S/C13H18N2O3/c1-9(7-8-14)12(16)15(2)11-6-4-3-5-10(11)13(17)18/h3-6,9H,7-8,14H2,1-2H3,(H,17,18). The van der Waals surface area contributed by atoms with Gasteiger partial charge < -0.3 is 15.7 Å². The second-order valence-electron chi connectivity index (χ2n) is 4.20. The van der Waals surface area contributed by atoms with Crippen LogP contribution in [0.2, 0.25) is 0 Å². The predicted molar refractivity (Wildman–Crippen MR) is 69.6 cm³/mol. The molecular weight excluding hydrogens is 232 g/mol. The Kier molecular flexibility index (Phi) is 4.85. The molecule has 0 aromatic heterocycles. The van der Waals surface area contributed by atoms with Crippen LogP contribution in [0.1, 0.15) is 23.7 Å². The maximum absolute atomic E-state index is 12.1. The second-order valence-corrected chi connectivity index (χ2v) is 4.20. The van der Waals surface area contributed by atoms with Crippen molar-refractivity contribution in [1.82, 2.24) is 0 Å². The molecule has 1 amide bonds. The summed E-state index contributed by atoms with van der Waals surface area (Å²) in [5, 5.41) is 9.08. The molecule has 1 aromatic rings. The van der Waals surface area contributed by atoms with Crippen molar-refractivity contribution in [2.24, 2.45) is 11.7 Å². The Morgan fingerprint density at radius 3 is 2.56 bits per heavy atom. The summed E-state index contributed by atoms with van der Waals surface area (Å²) in [5.74, 6) is -1.40. The van der Waals surface area contributed by atoms with Gasteiger partial charge in [-0.3, -0.25) is 4.79 Å². The number of carbonyl (C=O) groups excluding carboxylic acids is 1. The van der Waals surface area contributed by atoms with Crippen LogP contribution in [0.3, 0.4) is 0 Å². The molecule has 0 bridgehead atoms. The first-order valence-corrected chi connectivity index (χ1v) is 5.79. The Morgan fingerprint density at radius 1 is 1.39 bits per heavy atom. The van der Waals surface area contributed by atoms with E-state index in [0.29, 0.717) is 18.7 Å². The van der Waals surface area contributed by atoms with Crippen LogP contribution < -0.4 is 10.6 Å². The van der Waals surface area contributed by atoms with E-state index in [2.05, 4.69) is 0 Å². The topological polar surface area (TPSA) is 83.6 Å². The normalized spacial score (nSPS) is 11.9. The molecule has 5 heteroatoms. The zero-order valence-corrected chi connectivity index (χ0v) is 10.6. The molecule has 1 unspecified atom stereocenters. The van der Waals surface area contributed by atoms with Crippen molar-refractivity contribution in [1.29, 1.82) is 0 Å². The first kappa shape index (κ1) is 14.2. The third-order valence-electron chi connectivity index (χ3n) is 2.85. The average molecular weight is 250 g/mol. The molecule has 0 saturated carbocycles. The summed E-state index contributed by atoms with van der Waals surface area (Å²) in [6.07, 6.45) is 0.582. The van der Waals surface area contributed by atoms with E-state index >= 15 is 0 Å². The molecule has 0 saturated heterocycles. The minimum Gasteiger partial charge on any atom is -0.478 e. The molecule has 1 rings (SSSR count). The van der Waals surface area contributed by atoms with Crippen molar-refractivity contribution >= 4 is 17.6 Å². The Labute approximate surface area is 106 Å². The van der Waals surface area contributed by atoms with E-state index < -0.39 is 5.97 Å². The first-order chi connectivity index (χ1) is 8.49. The highest BCUT2D eigenvalue weighted by Crippen LogP contribution is 2.21. The van der Waals surface area contributed by atoms with Crippen LogP contribution in [0.25, 0.3) is 0 Å². The van der Waals surface area contributed by atoms with Gasteiger partial charge in [-0.2, -0.15) is 0 Å². The molecule has 5 nitrogen and oxygen atoms in total. The predicted octanol–water partition coefficient (Wildman–Crippen LogP) is 1.33. The van der Waals surface area contributed by atoms with E-state index in [1.807, 2.05) is 0 Å². The fourth-order valence-corrected chi connectivity index (χ4v) is 1.77. The van der Waals surface area contributed by atoms with Crippen LogP contribution in [0.15, 0.2) is 24.3 Å². The van der Waals surface area contributed by atoms with E-state index in [-0.39, 0.29) is 17.4 Å². The van der Waals surface area contributed by atoms with E-state index in [1.165, 1.54) is 11.0 Å². The zero-order valence-electron chi connectivity index (χ0n) is 10.6. The van der Waals surface area contributed by atoms with E-state index in [4.69, 9.17) is 10.8 Å². The highest BCUT2D eigenvalue weighted by Gasteiger charge is 2.21. The lowest BCUT2D eigenvalue weighted by Crippen LogP contribution is -2.33. The first-order valence-electron chi connectivity index (χ1n) is 5.79. The third kappa shape index (κ3) is 3.07. The fourth-order valence-electron chi connectivity index (χ4n) is 1.77. The fraction of sp³-hybridized carbons (Fsp3) is 0.385. The van der Waals surface area contributed by atoms with Crippen LogP contribution in [0, 0.1) is 5.92 Å². The highest BCUT2D eigenvalue weighted by atomic mass is 16.4. The number of hydrogen-bond donors (Lipinski definition) is 2. The monoisotopic (exact) mass is 250 g/mol. The van der Waals surface area contributed by atoms with Gasteiger partial charge in [0.15, 0.2) is 0 Å². The van der Waals surface area contributed by atoms with Gasteiger partial charge in [0.25, 0.3) is 0 Å². The van der Waals surface area contributed by atoms with Gasteiger partial charge in [-0.15, -0.1) is 0 Å². The number of benzene rings is 1. The van der Waals surface area contributed by atoms with Crippen LogP contribution in [0.5, 0.6) is 0 Å². The van der Waals surface area contributed by atoms with E-state index in [9.17, 15) is 9.59 Å². The van der Waals surface area contributed by atoms with E-state index in [1.54, 1.807) is 32.2 Å². The molecule has 0 aliphatic carbocycles. The van der Waals surface area contributed by atoms with Crippen molar-refractivity contribution in [3.8, 4) is 0 Å². The summed E-state index contributed by atoms with van der Waals surface area (Å²) >= 11 is 0. The second kappa shape index (κ2) is 6.16. The quantitative estimate of drug-likeness (QED) is 0.825. The Balaban J connectivity index is 3.00. The van der Waals surface area contributed by atoms with Gasteiger partial charge >= 0.3 is 5.97 Å². The summed E-state index contributed by atoms with van der Waals surface area (Å²) < 4.78 is 0. The van der Waals surface area contributed by atoms with Gasteiger partial charge in [0.2, 0.25) is 5.91 Å². The van der Waals surface area contributed by atoms with Crippen molar-refractivity contribution in [3.63, 3.8) is 0 Å². The minimum absolute atomic E-state index is 0.119. The number of nitrogens with two attached hydrogens (primary N) is 1. The van der Waals surface area contributed by atoms with Crippen LogP contribution in [-0.4, -0.2) is 30.6 Å². The number of hydrogen-bond acceptors (Lipinski definition) is 3. The van der Waals surface area contributed by atoms with Crippen LogP contribution >= 0.6 is 0 Å². The SMILES string of the molecule is CC(CCN)C(=O)N(C)c1ccccc1C(=O)O. The van der Waals surface area contributed by atoms with Gasteiger partial charge in [0, 0.05) is 13.0 Å². The number of para-hydroxylation sites is 1. The number of anilines is 1. The van der Waals surface area contributed by atoms with Crippen molar-refractivity contribution in [2.45, 2.75) is 13.3 Å². The lowest BCUT2D eigenvalue weighted by Gasteiger charge is -2.22. The molecule has 0 aliphatic heterocycles. The van der Waals surface area contributed by atoms with Gasteiger partial charge in [0.1, 0.15) is 0 Å². The van der Waals surface area contributed by atoms with Crippen molar-refractivity contribution < 1.29 is 14.7 Å². The summed E-state index contributed by atoms with van der Waals surface area (Å²) in [5.41, 5.74) is 5.94. The molecular formula is C13H18N2O3. The molecule has 98 valence electrons. The average Bonchev–Trinajstić information content (AvgIpc) is 2.37. The zero-order chi connectivity index (χ0) is 13.7.